The smallest absolute Gasteiger partial charge is 0.255 e. The number of rotatable bonds is 6. The Hall–Kier alpha value is -3.35. The third-order valence-corrected chi connectivity index (χ3v) is 3.23. The second-order valence-electron chi connectivity index (χ2n) is 4.99. The van der Waals surface area contributed by atoms with Crippen molar-refractivity contribution < 1.29 is 14.4 Å². The van der Waals surface area contributed by atoms with E-state index in [4.69, 9.17) is 0 Å². The summed E-state index contributed by atoms with van der Waals surface area (Å²) in [6, 6.07) is 11.7. The molecule has 0 aliphatic heterocycles. The van der Waals surface area contributed by atoms with Crippen LogP contribution in [-0.4, -0.2) is 25.3 Å². The maximum absolute atomic E-state index is 12.3. The van der Waals surface area contributed by atoms with Crippen molar-refractivity contribution in [3.8, 4) is 0 Å². The molecule has 0 saturated carbocycles. The summed E-state index contributed by atoms with van der Waals surface area (Å²) >= 11 is 0. The van der Waals surface area contributed by atoms with E-state index in [9.17, 15) is 14.4 Å². The van der Waals surface area contributed by atoms with E-state index in [0.717, 1.165) is 0 Å². The van der Waals surface area contributed by atoms with Crippen LogP contribution in [-0.2, 0) is 9.59 Å². The van der Waals surface area contributed by atoms with Crippen molar-refractivity contribution in [1.29, 1.82) is 0 Å². The number of carbonyl (C=O) groups excluding carboxylic acids is 3. The normalized spacial score (nSPS) is 9.75. The molecule has 4 N–H and O–H groups in total. The Balaban J connectivity index is 2.11. The van der Waals surface area contributed by atoms with E-state index in [1.165, 1.54) is 6.92 Å². The van der Waals surface area contributed by atoms with Crippen molar-refractivity contribution in [1.82, 2.24) is 0 Å². The summed E-state index contributed by atoms with van der Waals surface area (Å²) in [4.78, 5) is 33.8. The summed E-state index contributed by atoms with van der Waals surface area (Å²) in [6.07, 6.45) is 0.588. The first kappa shape index (κ1) is 17.0. The fourth-order valence-corrected chi connectivity index (χ4v) is 2.13. The molecule has 2 rings (SSSR count). The fraction of sp³-hybridized carbons (Fsp3) is 0.118. The quantitative estimate of drug-likeness (QED) is 0.613. The minimum atomic E-state index is -0.275. The van der Waals surface area contributed by atoms with Crippen LogP contribution in [0.3, 0.4) is 0 Å². The SMILES string of the molecule is CNc1cc(NC(=O)c2ccc(NC(C)=O)cc2)ccc1NC=O. The van der Waals surface area contributed by atoms with Crippen LogP contribution in [0.4, 0.5) is 22.7 Å². The van der Waals surface area contributed by atoms with E-state index >= 15 is 0 Å². The molecule has 0 radical (unpaired) electrons. The van der Waals surface area contributed by atoms with Gasteiger partial charge in [0.15, 0.2) is 0 Å². The summed E-state index contributed by atoms with van der Waals surface area (Å²) in [5, 5.41) is 10.9. The van der Waals surface area contributed by atoms with Crippen molar-refractivity contribution in [2.45, 2.75) is 6.92 Å². The molecule has 2 aromatic carbocycles. The van der Waals surface area contributed by atoms with Gasteiger partial charge in [-0.15, -0.1) is 0 Å². The summed E-state index contributed by atoms with van der Waals surface area (Å²) in [6.45, 7) is 1.42. The van der Waals surface area contributed by atoms with Gasteiger partial charge in [0.1, 0.15) is 0 Å². The van der Waals surface area contributed by atoms with Crippen LogP contribution < -0.4 is 21.3 Å². The highest BCUT2D eigenvalue weighted by molar-refractivity contribution is 6.05. The predicted octanol–water partition coefficient (Wildman–Crippen LogP) is 2.51. The van der Waals surface area contributed by atoms with Crippen LogP contribution in [0.15, 0.2) is 42.5 Å². The monoisotopic (exact) mass is 326 g/mol. The third kappa shape index (κ3) is 4.33. The van der Waals surface area contributed by atoms with Crippen LogP contribution in [0.5, 0.6) is 0 Å². The molecule has 3 amide bonds. The molecule has 0 aliphatic rings. The molecule has 0 spiro atoms. The number of amides is 3. The summed E-state index contributed by atoms with van der Waals surface area (Å²) in [7, 11) is 1.72. The minimum Gasteiger partial charge on any atom is -0.386 e. The van der Waals surface area contributed by atoms with Gasteiger partial charge in [-0.05, 0) is 42.5 Å². The second kappa shape index (κ2) is 7.77. The lowest BCUT2D eigenvalue weighted by molar-refractivity contribution is -0.114. The number of carbonyl (C=O) groups is 3. The molecule has 24 heavy (non-hydrogen) atoms. The third-order valence-electron chi connectivity index (χ3n) is 3.23. The van der Waals surface area contributed by atoms with E-state index < -0.39 is 0 Å². The molecule has 0 atom stereocenters. The van der Waals surface area contributed by atoms with Crippen LogP contribution in [0.2, 0.25) is 0 Å². The zero-order chi connectivity index (χ0) is 17.5. The van der Waals surface area contributed by atoms with Crippen molar-refractivity contribution in [2.24, 2.45) is 0 Å². The Morgan fingerprint density at radius 1 is 0.917 bits per heavy atom. The van der Waals surface area contributed by atoms with Crippen LogP contribution in [0.25, 0.3) is 0 Å². The highest BCUT2D eigenvalue weighted by Gasteiger charge is 2.08. The molecule has 0 aromatic heterocycles. The Morgan fingerprint density at radius 3 is 2.17 bits per heavy atom. The van der Waals surface area contributed by atoms with E-state index in [2.05, 4.69) is 21.3 Å². The first-order valence-corrected chi connectivity index (χ1v) is 7.24. The molecule has 7 nitrogen and oxygen atoms in total. The van der Waals surface area contributed by atoms with Crippen LogP contribution in [0, 0.1) is 0 Å². The molecular weight excluding hydrogens is 308 g/mol. The van der Waals surface area contributed by atoms with Crippen molar-refractivity contribution in [3.63, 3.8) is 0 Å². The molecule has 0 saturated heterocycles. The number of hydrogen-bond acceptors (Lipinski definition) is 4. The van der Waals surface area contributed by atoms with Gasteiger partial charge >= 0.3 is 0 Å². The standard InChI is InChI=1S/C17H18N4O3/c1-11(23)20-13-5-3-12(4-6-13)17(24)21-14-7-8-15(19-10-22)16(9-14)18-2/h3-10,18H,1-2H3,(H,19,22)(H,20,23)(H,21,24). The number of anilines is 4. The van der Waals surface area contributed by atoms with Gasteiger partial charge in [0, 0.05) is 30.9 Å². The maximum atomic E-state index is 12.3. The lowest BCUT2D eigenvalue weighted by Crippen LogP contribution is -2.13. The van der Waals surface area contributed by atoms with E-state index in [0.29, 0.717) is 34.7 Å². The van der Waals surface area contributed by atoms with Gasteiger partial charge in [0.25, 0.3) is 5.91 Å². The average molecular weight is 326 g/mol. The molecule has 0 aliphatic carbocycles. The summed E-state index contributed by atoms with van der Waals surface area (Å²) < 4.78 is 0. The fourth-order valence-electron chi connectivity index (χ4n) is 2.13. The number of hydrogen-bond donors (Lipinski definition) is 4. The first-order valence-electron chi connectivity index (χ1n) is 7.24. The molecule has 124 valence electrons. The van der Waals surface area contributed by atoms with Gasteiger partial charge in [-0.2, -0.15) is 0 Å². The molecule has 0 bridgehead atoms. The van der Waals surface area contributed by atoms with Crippen molar-refractivity contribution >= 4 is 41.0 Å². The summed E-state index contributed by atoms with van der Waals surface area (Å²) in [5.41, 5.74) is 2.98. The van der Waals surface area contributed by atoms with Crippen LogP contribution >= 0.6 is 0 Å². The zero-order valence-electron chi connectivity index (χ0n) is 13.3. The number of nitrogens with one attached hydrogen (secondary N) is 4. The van der Waals surface area contributed by atoms with Gasteiger partial charge < -0.3 is 21.3 Å². The highest BCUT2D eigenvalue weighted by atomic mass is 16.2. The Bertz CT molecular complexity index is 757. The van der Waals surface area contributed by atoms with Gasteiger partial charge in [0.05, 0.1) is 11.4 Å². The average Bonchev–Trinajstić information content (AvgIpc) is 2.56. The van der Waals surface area contributed by atoms with Crippen molar-refractivity contribution in [2.75, 3.05) is 28.3 Å². The first-order chi connectivity index (χ1) is 11.5. The van der Waals surface area contributed by atoms with Crippen LogP contribution in [0.1, 0.15) is 17.3 Å². The van der Waals surface area contributed by atoms with Gasteiger partial charge in [-0.3, -0.25) is 14.4 Å². The molecule has 0 heterocycles. The Labute approximate surface area is 139 Å². The largest absolute Gasteiger partial charge is 0.386 e. The van der Waals surface area contributed by atoms with Gasteiger partial charge in [0.2, 0.25) is 12.3 Å². The molecule has 2 aromatic rings. The Morgan fingerprint density at radius 2 is 1.58 bits per heavy atom. The second-order valence-corrected chi connectivity index (χ2v) is 4.99. The zero-order valence-corrected chi connectivity index (χ0v) is 13.3. The van der Waals surface area contributed by atoms with E-state index in [1.807, 2.05) is 0 Å². The molecule has 7 heteroatoms. The highest BCUT2D eigenvalue weighted by Crippen LogP contribution is 2.25. The summed E-state index contributed by atoms with van der Waals surface area (Å²) in [5.74, 6) is -0.446. The topological polar surface area (TPSA) is 99.3 Å². The molecular formula is C17H18N4O3. The van der Waals surface area contributed by atoms with Gasteiger partial charge in [-0.25, -0.2) is 0 Å². The lowest BCUT2D eigenvalue weighted by atomic mass is 10.1. The van der Waals surface area contributed by atoms with E-state index in [1.54, 1.807) is 49.5 Å². The lowest BCUT2D eigenvalue weighted by Gasteiger charge is -2.11. The molecule has 0 fully saturated rings. The Kier molecular flexibility index (Phi) is 5.51. The maximum Gasteiger partial charge on any atom is 0.255 e. The number of benzene rings is 2. The van der Waals surface area contributed by atoms with Gasteiger partial charge in [-0.1, -0.05) is 0 Å². The molecule has 0 unspecified atom stereocenters. The predicted molar refractivity (Wildman–Crippen MR) is 94.4 cm³/mol. The van der Waals surface area contributed by atoms with Crippen molar-refractivity contribution in [3.05, 3.63) is 48.0 Å². The van der Waals surface area contributed by atoms with E-state index in [-0.39, 0.29) is 11.8 Å². The minimum absolute atomic E-state index is 0.171.